The number of nitrogens with zero attached hydrogens (tertiary/aromatic N) is 2. The predicted octanol–water partition coefficient (Wildman–Crippen LogP) is 5.04. The lowest BCUT2D eigenvalue weighted by Crippen LogP contribution is -2.18. The van der Waals surface area contributed by atoms with Crippen LogP contribution in [-0.4, -0.2) is 29.8 Å². The van der Waals surface area contributed by atoms with E-state index in [1.165, 1.54) is 30.6 Å². The summed E-state index contributed by atoms with van der Waals surface area (Å²) in [6.07, 6.45) is 2.93. The Kier molecular flexibility index (Phi) is 6.86. The summed E-state index contributed by atoms with van der Waals surface area (Å²) in [5, 5.41) is 0. The van der Waals surface area contributed by atoms with E-state index in [4.69, 9.17) is 17.3 Å². The van der Waals surface area contributed by atoms with Gasteiger partial charge in [0, 0.05) is 11.1 Å². The molecule has 7 heteroatoms. The van der Waals surface area contributed by atoms with E-state index >= 15 is 0 Å². The maximum Gasteiger partial charge on any atom is 0.343 e. The highest BCUT2D eigenvalue weighted by molar-refractivity contribution is 6.33. The van der Waals surface area contributed by atoms with Crippen LogP contribution in [-0.2, 0) is 0 Å². The summed E-state index contributed by atoms with van der Waals surface area (Å²) in [7, 11) is 5.95. The largest absolute Gasteiger partial charge is 0.421 e. The fourth-order valence-corrected chi connectivity index (χ4v) is 3.66. The van der Waals surface area contributed by atoms with E-state index in [9.17, 15) is 9.59 Å². The first-order valence-corrected chi connectivity index (χ1v) is 11.4. The number of rotatable bonds is 6. The smallest absolute Gasteiger partial charge is 0.343 e. The van der Waals surface area contributed by atoms with Crippen LogP contribution in [0.3, 0.4) is 0 Å². The molecule has 0 spiro atoms. The lowest BCUT2D eigenvalue weighted by Gasteiger charge is -2.09. The summed E-state index contributed by atoms with van der Waals surface area (Å²) >= 11 is 0. The molecule has 2 radical (unpaired) electrons. The lowest BCUT2D eigenvalue weighted by atomic mass is 9.92. The van der Waals surface area contributed by atoms with Crippen LogP contribution in [0.2, 0.25) is 0 Å². The maximum atomic E-state index is 12.8. The van der Waals surface area contributed by atoms with Gasteiger partial charge in [-0.1, -0.05) is 78.3 Å². The van der Waals surface area contributed by atoms with Crippen molar-refractivity contribution in [3.63, 3.8) is 0 Å². The summed E-state index contributed by atoms with van der Waals surface area (Å²) in [4.78, 5) is 34.2. The number of hydrogen-bond acceptors (Lipinski definition) is 6. The molecule has 2 heterocycles. The molecule has 0 aliphatic rings. The van der Waals surface area contributed by atoms with Gasteiger partial charge in [-0.2, -0.15) is 0 Å². The number of benzene rings is 3. The third kappa shape index (κ3) is 5.79. The molecule has 176 valence electrons. The molecule has 0 aliphatic carbocycles. The molecule has 5 aromatic rings. The maximum absolute atomic E-state index is 12.8. The monoisotopic (exact) mass is 482 g/mol. The van der Waals surface area contributed by atoms with Gasteiger partial charge in [-0.15, -0.1) is 0 Å². The Hall–Kier alpha value is -5.04. The van der Waals surface area contributed by atoms with Crippen molar-refractivity contribution in [3.8, 4) is 34.0 Å². The first-order valence-electron chi connectivity index (χ1n) is 11.4. The second-order valence-electron chi connectivity index (χ2n) is 8.11. The first kappa shape index (κ1) is 23.7. The van der Waals surface area contributed by atoms with Gasteiger partial charge in [-0.3, -0.25) is 9.97 Å². The molecule has 0 fully saturated rings. The Labute approximate surface area is 215 Å². The van der Waals surface area contributed by atoms with Crippen molar-refractivity contribution >= 4 is 25.2 Å². The van der Waals surface area contributed by atoms with Gasteiger partial charge >= 0.3 is 11.9 Å². The second kappa shape index (κ2) is 10.7. The zero-order valence-electron chi connectivity index (χ0n) is 19.6. The molecule has 0 bridgehead atoms. The Morgan fingerprint density at radius 2 is 1.00 bits per heavy atom. The van der Waals surface area contributed by atoms with Gasteiger partial charge < -0.3 is 9.47 Å². The zero-order chi connectivity index (χ0) is 25.6. The molecule has 2 aromatic heterocycles. The van der Waals surface area contributed by atoms with Crippen molar-refractivity contribution in [1.82, 2.24) is 9.97 Å². The van der Waals surface area contributed by atoms with E-state index in [1.54, 1.807) is 24.3 Å². The number of carbonyl (C=O) groups excluding carboxylic acids is 2. The minimum atomic E-state index is -0.676. The van der Waals surface area contributed by atoms with Gasteiger partial charge in [-0.25, -0.2) is 9.59 Å². The molecule has 3 aromatic carbocycles. The fraction of sp³-hybridized carbons (Fsp3) is 0. The predicted molar refractivity (Wildman–Crippen MR) is 141 cm³/mol. The van der Waals surface area contributed by atoms with Crippen LogP contribution in [0.15, 0.2) is 116 Å². The summed E-state index contributed by atoms with van der Waals surface area (Å²) in [6.45, 7) is 0. The summed E-state index contributed by atoms with van der Waals surface area (Å²) < 4.78 is 10.9. The molecule has 6 nitrogen and oxygen atoms in total. The Balaban J connectivity index is 1.27. The van der Waals surface area contributed by atoms with Crippen LogP contribution in [0.1, 0.15) is 20.7 Å². The van der Waals surface area contributed by atoms with Crippen LogP contribution >= 0.6 is 0 Å². The molecule has 0 saturated carbocycles. The molecule has 0 amide bonds. The van der Waals surface area contributed by atoms with Gasteiger partial charge in [0.25, 0.3) is 0 Å². The molecule has 0 unspecified atom stereocenters. The minimum Gasteiger partial charge on any atom is -0.421 e. The van der Waals surface area contributed by atoms with Crippen molar-refractivity contribution in [2.45, 2.75) is 0 Å². The Morgan fingerprint density at radius 3 is 1.38 bits per heavy atom. The molecule has 0 atom stereocenters. The minimum absolute atomic E-state index is 0.108. The quantitative estimate of drug-likeness (QED) is 0.249. The normalized spacial score (nSPS) is 10.5. The SMILES string of the molecule is [B]c1cc(C(=O)Oc2ccc(-c3ccccc3)nc2)cc(C(=O)Oc2ccc(-c3ccccc3)nc2)c1. The Bertz CT molecular complexity index is 1420. The van der Waals surface area contributed by atoms with E-state index in [0.29, 0.717) is 0 Å². The van der Waals surface area contributed by atoms with Crippen LogP contribution in [0, 0.1) is 0 Å². The fourth-order valence-electron chi connectivity index (χ4n) is 3.66. The highest BCUT2D eigenvalue weighted by Gasteiger charge is 2.16. The van der Waals surface area contributed by atoms with Gasteiger partial charge in [0.05, 0.1) is 34.9 Å². The highest BCUT2D eigenvalue weighted by Crippen LogP contribution is 2.21. The molecule has 0 saturated heterocycles. The van der Waals surface area contributed by atoms with Gasteiger partial charge in [0.1, 0.15) is 19.3 Å². The molecular formula is C30H19BN2O4. The van der Waals surface area contributed by atoms with E-state index in [-0.39, 0.29) is 28.1 Å². The Morgan fingerprint density at radius 1 is 0.568 bits per heavy atom. The van der Waals surface area contributed by atoms with Gasteiger partial charge in [0.15, 0.2) is 0 Å². The van der Waals surface area contributed by atoms with E-state index < -0.39 is 11.9 Å². The van der Waals surface area contributed by atoms with E-state index in [1.807, 2.05) is 60.7 Å². The van der Waals surface area contributed by atoms with Gasteiger partial charge in [0.2, 0.25) is 0 Å². The van der Waals surface area contributed by atoms with Crippen molar-refractivity contribution in [2.24, 2.45) is 0 Å². The molecule has 37 heavy (non-hydrogen) atoms. The van der Waals surface area contributed by atoms with Gasteiger partial charge in [-0.05, 0) is 30.3 Å². The standard InChI is InChI=1S/C30H19BN2O4/c31-24-16-22(29(34)36-25-11-13-27(32-18-25)20-7-3-1-4-8-20)15-23(17-24)30(35)37-26-12-14-28(33-19-26)21-9-5-2-6-10-21/h1-19H. The number of ether oxygens (including phenoxy) is 2. The average molecular weight is 482 g/mol. The topological polar surface area (TPSA) is 78.4 Å². The average Bonchev–Trinajstić information content (AvgIpc) is 2.94. The zero-order valence-corrected chi connectivity index (χ0v) is 19.6. The third-order valence-electron chi connectivity index (χ3n) is 5.46. The number of hydrogen-bond donors (Lipinski definition) is 0. The van der Waals surface area contributed by atoms with Crippen molar-refractivity contribution < 1.29 is 19.1 Å². The molecule has 0 aliphatic heterocycles. The van der Waals surface area contributed by atoms with Crippen LogP contribution < -0.4 is 14.9 Å². The van der Waals surface area contributed by atoms with E-state index in [2.05, 4.69) is 9.97 Å². The highest BCUT2D eigenvalue weighted by atomic mass is 16.5. The van der Waals surface area contributed by atoms with Crippen molar-refractivity contribution in [2.75, 3.05) is 0 Å². The van der Waals surface area contributed by atoms with Crippen LogP contribution in [0.5, 0.6) is 11.5 Å². The summed E-state index contributed by atoms with van der Waals surface area (Å²) in [5.74, 6) is -0.824. The van der Waals surface area contributed by atoms with E-state index in [0.717, 1.165) is 22.5 Å². The number of aromatic nitrogens is 2. The number of esters is 2. The van der Waals surface area contributed by atoms with Crippen LogP contribution in [0.25, 0.3) is 22.5 Å². The first-order chi connectivity index (χ1) is 18.0. The van der Waals surface area contributed by atoms with Crippen LogP contribution in [0.4, 0.5) is 0 Å². The third-order valence-corrected chi connectivity index (χ3v) is 5.46. The lowest BCUT2D eigenvalue weighted by molar-refractivity contribution is 0.0734. The number of carbonyl (C=O) groups is 2. The summed E-state index contributed by atoms with van der Waals surface area (Å²) in [5.41, 5.74) is 3.83. The summed E-state index contributed by atoms with van der Waals surface area (Å²) in [6, 6.07) is 30.4. The second-order valence-corrected chi connectivity index (χ2v) is 8.11. The molecule has 0 N–H and O–H groups in total. The molecular weight excluding hydrogens is 463 g/mol. The molecule has 5 rings (SSSR count). The van der Waals surface area contributed by atoms with Crippen molar-refractivity contribution in [3.05, 3.63) is 127 Å². The van der Waals surface area contributed by atoms with Crippen molar-refractivity contribution in [1.29, 1.82) is 0 Å². The number of pyridine rings is 2.